The molecule has 1 aromatic rings. The molecule has 1 N–H and O–H groups in total. The fourth-order valence-corrected chi connectivity index (χ4v) is 2.58. The molecule has 0 aromatic heterocycles. The van der Waals surface area contributed by atoms with E-state index in [0.717, 1.165) is 6.42 Å². The molecule has 2 rings (SSSR count). The summed E-state index contributed by atoms with van der Waals surface area (Å²) < 4.78 is 33.1. The molecular formula is C17H22F2N2O2. The van der Waals surface area contributed by atoms with Gasteiger partial charge in [-0.25, -0.2) is 13.8 Å². The van der Waals surface area contributed by atoms with Crippen LogP contribution in [0.15, 0.2) is 23.2 Å². The molecule has 1 aliphatic rings. The number of amides is 1. The predicted molar refractivity (Wildman–Crippen MR) is 84.3 cm³/mol. The fraction of sp³-hybridized carbons (Fsp3) is 0.529. The molecule has 0 fully saturated rings. The van der Waals surface area contributed by atoms with E-state index >= 15 is 0 Å². The average Bonchev–Trinajstić information content (AvgIpc) is 2.96. The Morgan fingerprint density at radius 2 is 2.09 bits per heavy atom. The lowest BCUT2D eigenvalue weighted by Gasteiger charge is -2.22. The molecule has 1 aliphatic heterocycles. The van der Waals surface area contributed by atoms with Gasteiger partial charge in [0.1, 0.15) is 24.3 Å². The van der Waals surface area contributed by atoms with Gasteiger partial charge in [-0.3, -0.25) is 4.79 Å². The number of rotatable bonds is 6. The highest BCUT2D eigenvalue weighted by Crippen LogP contribution is 2.20. The van der Waals surface area contributed by atoms with E-state index in [1.807, 2.05) is 13.8 Å². The molecule has 6 heteroatoms. The van der Waals surface area contributed by atoms with Gasteiger partial charge in [0, 0.05) is 18.9 Å². The molecular weight excluding hydrogens is 302 g/mol. The Bertz CT molecular complexity index is 584. The number of carbonyl (C=O) groups is 1. The summed E-state index contributed by atoms with van der Waals surface area (Å²) in [6.45, 7) is 5.71. The minimum Gasteiger partial charge on any atom is -0.477 e. The lowest BCUT2D eigenvalue weighted by Crippen LogP contribution is -2.44. The summed E-state index contributed by atoms with van der Waals surface area (Å²) in [5, 5.41) is 2.84. The third kappa shape index (κ3) is 4.27. The normalized spacial score (nSPS) is 19.7. The topological polar surface area (TPSA) is 50.7 Å². The first-order valence-corrected chi connectivity index (χ1v) is 7.82. The number of hydrogen-bond donors (Lipinski definition) is 1. The van der Waals surface area contributed by atoms with E-state index in [4.69, 9.17) is 4.74 Å². The SMILES string of the molecule is CC[C@H](C)[C@H](NC(C)=O)C1=N[C@@H](Cc2c(F)cccc2F)CO1. The van der Waals surface area contributed by atoms with Gasteiger partial charge in [-0.15, -0.1) is 0 Å². The second-order valence-corrected chi connectivity index (χ2v) is 5.90. The summed E-state index contributed by atoms with van der Waals surface area (Å²) in [6, 6.07) is 3.14. The average molecular weight is 324 g/mol. The highest BCUT2D eigenvalue weighted by Gasteiger charge is 2.30. The van der Waals surface area contributed by atoms with Crippen LogP contribution in [0.5, 0.6) is 0 Å². The Hall–Kier alpha value is -1.98. The van der Waals surface area contributed by atoms with Gasteiger partial charge < -0.3 is 10.1 Å². The number of aliphatic imine (C=N–C) groups is 1. The Balaban J connectivity index is 2.14. The van der Waals surface area contributed by atoms with Crippen LogP contribution in [-0.2, 0) is 16.0 Å². The van der Waals surface area contributed by atoms with Crippen LogP contribution in [0, 0.1) is 17.6 Å². The van der Waals surface area contributed by atoms with Crippen LogP contribution in [0.1, 0.15) is 32.8 Å². The molecule has 0 aliphatic carbocycles. The van der Waals surface area contributed by atoms with Crippen LogP contribution < -0.4 is 5.32 Å². The van der Waals surface area contributed by atoms with Crippen molar-refractivity contribution in [2.24, 2.45) is 10.9 Å². The van der Waals surface area contributed by atoms with Crippen molar-refractivity contribution >= 4 is 11.8 Å². The summed E-state index contributed by atoms with van der Waals surface area (Å²) in [4.78, 5) is 15.8. The maximum absolute atomic E-state index is 13.7. The van der Waals surface area contributed by atoms with Crippen LogP contribution in [-0.4, -0.2) is 30.5 Å². The highest BCUT2D eigenvalue weighted by atomic mass is 19.1. The van der Waals surface area contributed by atoms with Crippen molar-refractivity contribution in [2.75, 3.05) is 6.61 Å². The van der Waals surface area contributed by atoms with E-state index in [-0.39, 0.29) is 42.5 Å². The third-order valence-electron chi connectivity index (χ3n) is 4.07. The second-order valence-electron chi connectivity index (χ2n) is 5.90. The highest BCUT2D eigenvalue weighted by molar-refractivity contribution is 5.88. The predicted octanol–water partition coefficient (Wildman–Crippen LogP) is 2.86. The molecule has 3 atom stereocenters. The van der Waals surface area contributed by atoms with E-state index < -0.39 is 11.6 Å². The fourth-order valence-electron chi connectivity index (χ4n) is 2.58. The van der Waals surface area contributed by atoms with E-state index in [1.165, 1.54) is 25.1 Å². The van der Waals surface area contributed by atoms with Crippen molar-refractivity contribution in [3.8, 4) is 0 Å². The zero-order valence-electron chi connectivity index (χ0n) is 13.6. The Morgan fingerprint density at radius 1 is 1.43 bits per heavy atom. The quantitative estimate of drug-likeness (QED) is 0.875. The van der Waals surface area contributed by atoms with Crippen LogP contribution >= 0.6 is 0 Å². The zero-order valence-corrected chi connectivity index (χ0v) is 13.6. The molecule has 1 amide bonds. The molecule has 0 spiro atoms. The molecule has 1 heterocycles. The lowest BCUT2D eigenvalue weighted by molar-refractivity contribution is -0.119. The molecule has 23 heavy (non-hydrogen) atoms. The Kier molecular flexibility index (Phi) is 5.69. The van der Waals surface area contributed by atoms with Crippen molar-refractivity contribution in [3.63, 3.8) is 0 Å². The van der Waals surface area contributed by atoms with Gasteiger partial charge in [0.2, 0.25) is 11.8 Å². The van der Waals surface area contributed by atoms with E-state index in [9.17, 15) is 13.6 Å². The first-order chi connectivity index (χ1) is 10.9. The Morgan fingerprint density at radius 3 is 2.65 bits per heavy atom. The van der Waals surface area contributed by atoms with Crippen molar-refractivity contribution in [1.82, 2.24) is 5.32 Å². The van der Waals surface area contributed by atoms with Gasteiger partial charge in [0.15, 0.2) is 0 Å². The van der Waals surface area contributed by atoms with Gasteiger partial charge in [-0.05, 0) is 18.1 Å². The maximum Gasteiger partial charge on any atom is 0.217 e. The molecule has 0 saturated heterocycles. The standard InChI is InChI=1S/C17H22F2N2O2/c1-4-10(2)16(20-11(3)22)17-21-12(9-23-17)8-13-14(18)6-5-7-15(13)19/h5-7,10,12,16H,4,8-9H2,1-3H3,(H,20,22)/t10-,12-,16-/m0/s1. The second kappa shape index (κ2) is 7.53. The monoisotopic (exact) mass is 324 g/mol. The molecule has 0 unspecified atom stereocenters. The molecule has 1 aromatic carbocycles. The number of nitrogens with zero attached hydrogens (tertiary/aromatic N) is 1. The van der Waals surface area contributed by atoms with E-state index in [2.05, 4.69) is 10.3 Å². The van der Waals surface area contributed by atoms with Crippen LogP contribution in [0.4, 0.5) is 8.78 Å². The maximum atomic E-state index is 13.7. The van der Waals surface area contributed by atoms with E-state index in [0.29, 0.717) is 5.90 Å². The lowest BCUT2D eigenvalue weighted by atomic mass is 9.99. The largest absolute Gasteiger partial charge is 0.477 e. The van der Waals surface area contributed by atoms with Crippen LogP contribution in [0.25, 0.3) is 0 Å². The minimum atomic E-state index is -0.575. The van der Waals surface area contributed by atoms with E-state index in [1.54, 1.807) is 0 Å². The number of nitrogens with one attached hydrogen (secondary N) is 1. The molecule has 126 valence electrons. The van der Waals surface area contributed by atoms with Crippen molar-refractivity contribution < 1.29 is 18.3 Å². The smallest absolute Gasteiger partial charge is 0.217 e. The number of halogens is 2. The van der Waals surface area contributed by atoms with Gasteiger partial charge in [0.05, 0.1) is 6.04 Å². The van der Waals surface area contributed by atoms with Crippen LogP contribution in [0.3, 0.4) is 0 Å². The van der Waals surface area contributed by atoms with Crippen molar-refractivity contribution in [1.29, 1.82) is 0 Å². The number of hydrogen-bond acceptors (Lipinski definition) is 3. The summed E-state index contributed by atoms with van der Waals surface area (Å²) in [5.41, 5.74) is 0.0192. The van der Waals surface area contributed by atoms with Gasteiger partial charge in [-0.1, -0.05) is 26.3 Å². The molecule has 0 saturated carbocycles. The van der Waals surface area contributed by atoms with Gasteiger partial charge in [-0.2, -0.15) is 0 Å². The first kappa shape index (κ1) is 17.4. The molecule has 0 bridgehead atoms. The minimum absolute atomic E-state index is 0.0192. The molecule has 4 nitrogen and oxygen atoms in total. The zero-order chi connectivity index (χ0) is 17.0. The molecule has 0 radical (unpaired) electrons. The summed E-state index contributed by atoms with van der Waals surface area (Å²) >= 11 is 0. The van der Waals surface area contributed by atoms with Gasteiger partial charge in [0.25, 0.3) is 0 Å². The number of benzene rings is 1. The Labute approximate surface area is 134 Å². The summed E-state index contributed by atoms with van der Waals surface area (Å²) in [6.07, 6.45) is 0.981. The number of ether oxygens (including phenoxy) is 1. The first-order valence-electron chi connectivity index (χ1n) is 7.82. The van der Waals surface area contributed by atoms with Crippen LogP contribution in [0.2, 0.25) is 0 Å². The number of carbonyl (C=O) groups excluding carboxylic acids is 1. The summed E-state index contributed by atoms with van der Waals surface area (Å²) in [7, 11) is 0. The van der Waals surface area contributed by atoms with Crippen molar-refractivity contribution in [3.05, 3.63) is 35.4 Å². The van der Waals surface area contributed by atoms with Gasteiger partial charge >= 0.3 is 0 Å². The van der Waals surface area contributed by atoms with Crippen molar-refractivity contribution in [2.45, 2.75) is 45.7 Å². The summed E-state index contributed by atoms with van der Waals surface area (Å²) in [5.74, 6) is -0.717. The third-order valence-corrected chi connectivity index (χ3v) is 4.07.